The highest BCUT2D eigenvalue weighted by Gasteiger charge is 2.22. The minimum Gasteiger partial charge on any atom is -0.462 e. The molecule has 1 fully saturated rings. The normalized spacial score (nSPS) is 13.3. The zero-order valence-electron chi connectivity index (χ0n) is 20.3. The number of aryl methyl sites for hydroxylation is 1. The lowest BCUT2D eigenvalue weighted by Crippen LogP contribution is -2.49. The zero-order valence-corrected chi connectivity index (χ0v) is 20.3. The van der Waals surface area contributed by atoms with Gasteiger partial charge in [-0.15, -0.1) is 0 Å². The third-order valence-electron chi connectivity index (χ3n) is 5.85. The SMILES string of the molecule is CCOC(=O)c1ccc(C(=O)Nc2ccc(CC(=O)N3CCN(c4ncccn4)CC3)cc2)nc1C. The van der Waals surface area contributed by atoms with Crippen molar-refractivity contribution in [3.05, 3.63) is 77.4 Å². The fraction of sp³-hybridized carbons (Fsp3) is 0.308. The van der Waals surface area contributed by atoms with Crippen LogP contribution in [0.2, 0.25) is 0 Å². The lowest BCUT2D eigenvalue weighted by Gasteiger charge is -2.34. The van der Waals surface area contributed by atoms with Gasteiger partial charge < -0.3 is 19.9 Å². The number of esters is 1. The minimum absolute atomic E-state index is 0.0572. The Labute approximate surface area is 209 Å². The first-order valence-electron chi connectivity index (χ1n) is 11.8. The van der Waals surface area contributed by atoms with Crippen molar-refractivity contribution in [1.29, 1.82) is 0 Å². The fourth-order valence-electron chi connectivity index (χ4n) is 3.91. The van der Waals surface area contributed by atoms with E-state index in [1.54, 1.807) is 44.4 Å². The molecule has 1 aliphatic rings. The van der Waals surface area contributed by atoms with Gasteiger partial charge in [0.15, 0.2) is 0 Å². The molecule has 1 aliphatic heterocycles. The number of aromatic nitrogens is 3. The summed E-state index contributed by atoms with van der Waals surface area (Å²) in [4.78, 5) is 54.0. The van der Waals surface area contributed by atoms with Crippen molar-refractivity contribution >= 4 is 29.4 Å². The number of hydrogen-bond donors (Lipinski definition) is 1. The molecule has 1 aromatic carbocycles. The standard InChI is InChI=1S/C26H28N6O4/c1-3-36-25(35)21-9-10-22(29-18(21)2)24(34)30-20-7-5-19(6-8-20)17-23(33)31-13-15-32(16-14-31)26-27-11-4-12-28-26/h4-12H,3,13-17H2,1-2H3,(H,30,34). The van der Waals surface area contributed by atoms with E-state index in [4.69, 9.17) is 4.74 Å². The van der Waals surface area contributed by atoms with Crippen LogP contribution in [-0.4, -0.2) is 70.4 Å². The maximum Gasteiger partial charge on any atom is 0.339 e. The average Bonchev–Trinajstić information content (AvgIpc) is 2.90. The first kappa shape index (κ1) is 24.8. The van der Waals surface area contributed by atoms with Gasteiger partial charge in [-0.3, -0.25) is 9.59 Å². The molecule has 0 bridgehead atoms. The molecular formula is C26H28N6O4. The number of benzene rings is 1. The van der Waals surface area contributed by atoms with Gasteiger partial charge in [0.1, 0.15) is 5.69 Å². The highest BCUT2D eigenvalue weighted by molar-refractivity contribution is 6.03. The van der Waals surface area contributed by atoms with E-state index in [0.29, 0.717) is 49.1 Å². The molecule has 36 heavy (non-hydrogen) atoms. The summed E-state index contributed by atoms with van der Waals surface area (Å²) in [5.41, 5.74) is 2.39. The van der Waals surface area contributed by atoms with Gasteiger partial charge in [-0.2, -0.15) is 0 Å². The van der Waals surface area contributed by atoms with E-state index in [1.807, 2.05) is 17.0 Å². The number of pyridine rings is 1. The molecule has 10 heteroatoms. The van der Waals surface area contributed by atoms with Gasteiger partial charge in [-0.25, -0.2) is 19.7 Å². The van der Waals surface area contributed by atoms with Gasteiger partial charge >= 0.3 is 5.97 Å². The molecule has 2 amide bonds. The number of carbonyl (C=O) groups is 3. The summed E-state index contributed by atoms with van der Waals surface area (Å²) in [6, 6.07) is 12.0. The Kier molecular flexibility index (Phi) is 7.84. The van der Waals surface area contributed by atoms with Crippen LogP contribution in [0.3, 0.4) is 0 Å². The van der Waals surface area contributed by atoms with Crippen LogP contribution in [0.15, 0.2) is 54.9 Å². The molecule has 1 saturated heterocycles. The average molecular weight is 489 g/mol. The lowest BCUT2D eigenvalue weighted by atomic mass is 10.1. The van der Waals surface area contributed by atoms with E-state index in [2.05, 4.69) is 25.2 Å². The number of piperazine rings is 1. The molecule has 0 spiro atoms. The van der Waals surface area contributed by atoms with E-state index in [9.17, 15) is 14.4 Å². The monoisotopic (exact) mass is 488 g/mol. The summed E-state index contributed by atoms with van der Waals surface area (Å²) >= 11 is 0. The second kappa shape index (κ2) is 11.4. The molecule has 0 unspecified atom stereocenters. The maximum atomic E-state index is 12.8. The van der Waals surface area contributed by atoms with Gasteiger partial charge in [0.25, 0.3) is 5.91 Å². The van der Waals surface area contributed by atoms with E-state index in [1.165, 1.54) is 12.1 Å². The molecule has 4 rings (SSSR count). The molecule has 1 N–H and O–H groups in total. The molecule has 0 radical (unpaired) electrons. The van der Waals surface area contributed by atoms with Crippen molar-refractivity contribution in [2.75, 3.05) is 43.0 Å². The highest BCUT2D eigenvalue weighted by Crippen LogP contribution is 2.15. The Morgan fingerprint density at radius 2 is 1.67 bits per heavy atom. The van der Waals surface area contributed by atoms with E-state index in [-0.39, 0.29) is 24.6 Å². The molecule has 0 saturated carbocycles. The predicted molar refractivity (Wildman–Crippen MR) is 134 cm³/mol. The summed E-state index contributed by atoms with van der Waals surface area (Å²) in [5.74, 6) is -0.117. The fourth-order valence-corrected chi connectivity index (χ4v) is 3.91. The highest BCUT2D eigenvalue weighted by atomic mass is 16.5. The second-order valence-corrected chi connectivity index (χ2v) is 8.29. The third-order valence-corrected chi connectivity index (χ3v) is 5.85. The summed E-state index contributed by atoms with van der Waals surface area (Å²) in [6.07, 6.45) is 3.71. The Hall–Kier alpha value is -4.34. The van der Waals surface area contributed by atoms with Crippen molar-refractivity contribution < 1.29 is 19.1 Å². The first-order valence-corrected chi connectivity index (χ1v) is 11.8. The van der Waals surface area contributed by atoms with E-state index < -0.39 is 11.9 Å². The molecule has 186 valence electrons. The van der Waals surface area contributed by atoms with Crippen LogP contribution in [0.4, 0.5) is 11.6 Å². The van der Waals surface area contributed by atoms with Gasteiger partial charge in [-0.1, -0.05) is 12.1 Å². The van der Waals surface area contributed by atoms with Crippen LogP contribution in [0, 0.1) is 6.92 Å². The Morgan fingerprint density at radius 1 is 0.972 bits per heavy atom. The van der Waals surface area contributed by atoms with Crippen molar-refractivity contribution in [2.24, 2.45) is 0 Å². The summed E-state index contributed by atoms with van der Waals surface area (Å²) < 4.78 is 4.99. The maximum absolute atomic E-state index is 12.8. The van der Waals surface area contributed by atoms with Gasteiger partial charge in [-0.05, 0) is 49.7 Å². The molecule has 3 aromatic rings. The third kappa shape index (κ3) is 6.01. The Morgan fingerprint density at radius 3 is 2.31 bits per heavy atom. The van der Waals surface area contributed by atoms with Gasteiger partial charge in [0.05, 0.1) is 24.3 Å². The number of nitrogens with one attached hydrogen (secondary N) is 1. The number of anilines is 2. The van der Waals surface area contributed by atoms with Crippen LogP contribution < -0.4 is 10.2 Å². The Bertz CT molecular complexity index is 1220. The first-order chi connectivity index (χ1) is 17.4. The second-order valence-electron chi connectivity index (χ2n) is 8.29. The van der Waals surface area contributed by atoms with Crippen molar-refractivity contribution in [1.82, 2.24) is 19.9 Å². The molecule has 0 atom stereocenters. The largest absolute Gasteiger partial charge is 0.462 e. The number of amides is 2. The predicted octanol–water partition coefficient (Wildman–Crippen LogP) is 2.50. The number of rotatable bonds is 7. The zero-order chi connectivity index (χ0) is 25.5. The minimum atomic E-state index is -0.466. The van der Waals surface area contributed by atoms with Crippen LogP contribution in [0.25, 0.3) is 0 Å². The molecule has 0 aliphatic carbocycles. The summed E-state index contributed by atoms with van der Waals surface area (Å²) in [6.45, 7) is 6.27. The van der Waals surface area contributed by atoms with Crippen molar-refractivity contribution in [3.63, 3.8) is 0 Å². The van der Waals surface area contributed by atoms with Crippen molar-refractivity contribution in [3.8, 4) is 0 Å². The van der Waals surface area contributed by atoms with E-state index in [0.717, 1.165) is 5.56 Å². The molecular weight excluding hydrogens is 460 g/mol. The quantitative estimate of drug-likeness (QED) is 0.504. The van der Waals surface area contributed by atoms with Crippen LogP contribution >= 0.6 is 0 Å². The van der Waals surface area contributed by atoms with Crippen LogP contribution in [0.5, 0.6) is 0 Å². The molecule has 10 nitrogen and oxygen atoms in total. The lowest BCUT2D eigenvalue weighted by molar-refractivity contribution is -0.130. The molecule has 2 aromatic heterocycles. The summed E-state index contributed by atoms with van der Waals surface area (Å²) in [5, 5.41) is 2.79. The molecule has 3 heterocycles. The van der Waals surface area contributed by atoms with Gasteiger partial charge in [0, 0.05) is 44.3 Å². The number of nitrogens with zero attached hydrogens (tertiary/aromatic N) is 5. The van der Waals surface area contributed by atoms with Crippen LogP contribution in [-0.2, 0) is 16.0 Å². The number of ether oxygens (including phenoxy) is 1. The van der Waals surface area contributed by atoms with Gasteiger partial charge in [0.2, 0.25) is 11.9 Å². The Balaban J connectivity index is 1.29. The van der Waals surface area contributed by atoms with Crippen LogP contribution in [0.1, 0.15) is 39.0 Å². The van der Waals surface area contributed by atoms with E-state index >= 15 is 0 Å². The summed E-state index contributed by atoms with van der Waals surface area (Å²) in [7, 11) is 0. The smallest absolute Gasteiger partial charge is 0.339 e. The number of carbonyl (C=O) groups excluding carboxylic acids is 3. The van der Waals surface area contributed by atoms with Crippen molar-refractivity contribution in [2.45, 2.75) is 20.3 Å². The topological polar surface area (TPSA) is 118 Å². The number of hydrogen-bond acceptors (Lipinski definition) is 8.